The number of ether oxygens (including phenoxy) is 2. The Bertz CT molecular complexity index is 1220. The first-order valence-corrected chi connectivity index (χ1v) is 11.7. The molecule has 1 aromatic heterocycles. The Morgan fingerprint density at radius 2 is 1.88 bits per heavy atom. The molecule has 1 fully saturated rings. The van der Waals surface area contributed by atoms with Crippen molar-refractivity contribution in [2.24, 2.45) is 0 Å². The highest BCUT2D eigenvalue weighted by atomic mass is 35.5. The maximum Gasteiger partial charge on any atom is 0.260 e. The number of halogens is 1. The fourth-order valence-electron chi connectivity index (χ4n) is 3.69. The predicted octanol–water partition coefficient (Wildman–Crippen LogP) is 6.57. The Kier molecular flexibility index (Phi) is 6.08. The van der Waals surface area contributed by atoms with Gasteiger partial charge in [0, 0.05) is 17.2 Å². The number of amides is 1. The van der Waals surface area contributed by atoms with Crippen molar-refractivity contribution in [3.8, 4) is 11.5 Å². The maximum absolute atomic E-state index is 13.5. The quantitative estimate of drug-likeness (QED) is 0.324. The summed E-state index contributed by atoms with van der Waals surface area (Å²) < 4.78 is 12.6. The van der Waals surface area contributed by atoms with Crippen LogP contribution in [-0.2, 0) is 4.74 Å². The Balaban J connectivity index is 1.41. The van der Waals surface area contributed by atoms with Crippen LogP contribution < -0.4 is 9.64 Å². The lowest BCUT2D eigenvalue weighted by Gasteiger charge is -2.23. The first-order valence-electron chi connectivity index (χ1n) is 10.5. The molecule has 0 saturated carbocycles. The maximum atomic E-state index is 13.5. The third kappa shape index (κ3) is 4.63. The van der Waals surface area contributed by atoms with E-state index in [1.165, 1.54) is 11.3 Å². The summed E-state index contributed by atoms with van der Waals surface area (Å²) in [5.41, 5.74) is 1.40. The molecule has 0 N–H and O–H groups in total. The first-order chi connectivity index (χ1) is 15.7. The minimum Gasteiger partial charge on any atom is -0.457 e. The summed E-state index contributed by atoms with van der Waals surface area (Å²) in [5, 5.41) is 1.30. The molecule has 0 radical (unpaired) electrons. The van der Waals surface area contributed by atoms with Crippen LogP contribution >= 0.6 is 22.9 Å². The minimum atomic E-state index is -0.114. The standard InChI is InChI=1S/C25H21ClN2O3S/c26-18-10-13-22-23(15-18)32-25(27-22)28(16-21-7-4-14-30-21)24(29)17-8-11-20(12-9-17)31-19-5-2-1-3-6-19/h1-3,5-6,8-13,15,21H,4,7,14,16H2. The number of nitrogens with zero attached hydrogens (tertiary/aromatic N) is 2. The molecule has 0 spiro atoms. The van der Waals surface area contributed by atoms with Crippen molar-refractivity contribution in [3.05, 3.63) is 83.4 Å². The monoisotopic (exact) mass is 464 g/mol. The van der Waals surface area contributed by atoms with E-state index in [1.807, 2.05) is 60.7 Å². The van der Waals surface area contributed by atoms with E-state index in [9.17, 15) is 4.79 Å². The van der Waals surface area contributed by atoms with Gasteiger partial charge in [0.25, 0.3) is 5.91 Å². The van der Waals surface area contributed by atoms with Gasteiger partial charge in [0.05, 0.1) is 22.9 Å². The zero-order valence-electron chi connectivity index (χ0n) is 17.2. The van der Waals surface area contributed by atoms with Crippen LogP contribution in [-0.4, -0.2) is 30.1 Å². The molecule has 0 bridgehead atoms. The molecule has 3 aromatic carbocycles. The van der Waals surface area contributed by atoms with Crippen LogP contribution in [0.2, 0.25) is 5.02 Å². The molecule has 5 rings (SSSR count). The van der Waals surface area contributed by atoms with Crippen molar-refractivity contribution in [1.82, 2.24) is 4.98 Å². The van der Waals surface area contributed by atoms with Crippen molar-refractivity contribution < 1.29 is 14.3 Å². The molecule has 162 valence electrons. The summed E-state index contributed by atoms with van der Waals surface area (Å²) in [6.45, 7) is 1.20. The highest BCUT2D eigenvalue weighted by molar-refractivity contribution is 7.22. The summed E-state index contributed by atoms with van der Waals surface area (Å²) in [5.74, 6) is 1.31. The van der Waals surface area contributed by atoms with Crippen molar-refractivity contribution in [3.63, 3.8) is 0 Å². The van der Waals surface area contributed by atoms with Crippen LogP contribution in [0.25, 0.3) is 10.2 Å². The Hall–Kier alpha value is -2.93. The van der Waals surface area contributed by atoms with E-state index in [2.05, 4.69) is 0 Å². The molecule has 1 atom stereocenters. The number of carbonyl (C=O) groups is 1. The molecule has 1 unspecified atom stereocenters. The molecule has 2 heterocycles. The van der Waals surface area contributed by atoms with Crippen molar-refractivity contribution in [1.29, 1.82) is 0 Å². The first kappa shape index (κ1) is 20.9. The fraction of sp³-hybridized carbons (Fsp3) is 0.200. The van der Waals surface area contributed by atoms with E-state index in [0.717, 1.165) is 35.4 Å². The summed E-state index contributed by atoms with van der Waals surface area (Å²) >= 11 is 7.60. The number of hydrogen-bond acceptors (Lipinski definition) is 5. The average Bonchev–Trinajstić information content (AvgIpc) is 3.47. The molecular formula is C25H21ClN2O3S. The van der Waals surface area contributed by atoms with E-state index >= 15 is 0 Å². The number of anilines is 1. The largest absolute Gasteiger partial charge is 0.457 e. The SMILES string of the molecule is O=C(c1ccc(Oc2ccccc2)cc1)N(CC1CCCO1)c1nc2ccc(Cl)cc2s1. The van der Waals surface area contributed by atoms with E-state index in [-0.39, 0.29) is 12.0 Å². The number of thiazole rings is 1. The van der Waals surface area contributed by atoms with Gasteiger partial charge in [0.15, 0.2) is 5.13 Å². The number of fused-ring (bicyclic) bond motifs is 1. The second-order valence-electron chi connectivity index (χ2n) is 7.60. The lowest BCUT2D eigenvalue weighted by Crippen LogP contribution is -2.37. The lowest BCUT2D eigenvalue weighted by atomic mass is 10.1. The van der Waals surface area contributed by atoms with Gasteiger partial charge in [0.1, 0.15) is 11.5 Å². The van der Waals surface area contributed by atoms with Gasteiger partial charge in [-0.3, -0.25) is 9.69 Å². The van der Waals surface area contributed by atoms with Crippen molar-refractivity contribution >= 4 is 44.2 Å². The van der Waals surface area contributed by atoms with Gasteiger partial charge in [-0.1, -0.05) is 41.1 Å². The van der Waals surface area contributed by atoms with Gasteiger partial charge < -0.3 is 9.47 Å². The third-order valence-electron chi connectivity index (χ3n) is 5.31. The number of para-hydroxylation sites is 1. The van der Waals surface area contributed by atoms with Crippen LogP contribution in [0.1, 0.15) is 23.2 Å². The molecule has 1 saturated heterocycles. The molecule has 5 nitrogen and oxygen atoms in total. The summed E-state index contributed by atoms with van der Waals surface area (Å²) in [7, 11) is 0. The zero-order chi connectivity index (χ0) is 21.9. The Labute approximate surface area is 195 Å². The molecule has 32 heavy (non-hydrogen) atoms. The normalized spacial score (nSPS) is 15.7. The van der Waals surface area contributed by atoms with Gasteiger partial charge in [-0.05, 0) is 67.4 Å². The molecule has 4 aromatic rings. The Morgan fingerprint density at radius 1 is 1.09 bits per heavy atom. The number of carbonyl (C=O) groups excluding carboxylic acids is 1. The van der Waals surface area contributed by atoms with Gasteiger partial charge in [-0.2, -0.15) is 0 Å². The topological polar surface area (TPSA) is 51.7 Å². The van der Waals surface area contributed by atoms with E-state index in [0.29, 0.717) is 28.0 Å². The van der Waals surface area contributed by atoms with Crippen molar-refractivity contribution in [2.45, 2.75) is 18.9 Å². The van der Waals surface area contributed by atoms with Gasteiger partial charge in [-0.15, -0.1) is 0 Å². The van der Waals surface area contributed by atoms with Crippen LogP contribution in [0.15, 0.2) is 72.8 Å². The van der Waals surface area contributed by atoms with Gasteiger partial charge in [-0.25, -0.2) is 4.98 Å². The third-order valence-corrected chi connectivity index (χ3v) is 6.58. The molecular weight excluding hydrogens is 444 g/mol. The highest BCUT2D eigenvalue weighted by Crippen LogP contribution is 2.33. The fourth-order valence-corrected chi connectivity index (χ4v) is 4.94. The van der Waals surface area contributed by atoms with E-state index < -0.39 is 0 Å². The zero-order valence-corrected chi connectivity index (χ0v) is 18.8. The predicted molar refractivity (Wildman–Crippen MR) is 128 cm³/mol. The number of benzene rings is 3. The van der Waals surface area contributed by atoms with E-state index in [1.54, 1.807) is 17.0 Å². The summed E-state index contributed by atoms with van der Waals surface area (Å²) in [6.07, 6.45) is 1.95. The van der Waals surface area contributed by atoms with Crippen molar-refractivity contribution in [2.75, 3.05) is 18.1 Å². The second kappa shape index (κ2) is 9.28. The van der Waals surface area contributed by atoms with Gasteiger partial charge >= 0.3 is 0 Å². The molecule has 1 aliphatic rings. The molecule has 0 aliphatic carbocycles. The summed E-state index contributed by atoms with van der Waals surface area (Å²) in [4.78, 5) is 19.9. The molecule has 1 aliphatic heterocycles. The Morgan fingerprint density at radius 3 is 2.62 bits per heavy atom. The minimum absolute atomic E-state index is 0.00948. The van der Waals surface area contributed by atoms with Crippen LogP contribution in [0, 0.1) is 0 Å². The van der Waals surface area contributed by atoms with Crippen LogP contribution in [0.5, 0.6) is 11.5 Å². The second-order valence-corrected chi connectivity index (χ2v) is 9.04. The number of aromatic nitrogens is 1. The number of rotatable bonds is 6. The molecule has 1 amide bonds. The highest BCUT2D eigenvalue weighted by Gasteiger charge is 2.27. The van der Waals surface area contributed by atoms with E-state index in [4.69, 9.17) is 26.1 Å². The van der Waals surface area contributed by atoms with Crippen LogP contribution in [0.3, 0.4) is 0 Å². The number of hydrogen-bond donors (Lipinski definition) is 0. The van der Waals surface area contributed by atoms with Crippen LogP contribution in [0.4, 0.5) is 5.13 Å². The lowest BCUT2D eigenvalue weighted by molar-refractivity contribution is 0.0917. The smallest absolute Gasteiger partial charge is 0.260 e. The summed E-state index contributed by atoms with van der Waals surface area (Å²) in [6, 6.07) is 22.3. The average molecular weight is 465 g/mol. The van der Waals surface area contributed by atoms with Gasteiger partial charge in [0.2, 0.25) is 0 Å². The molecule has 7 heteroatoms.